The molecule has 170 valence electrons. The van der Waals surface area contributed by atoms with E-state index in [9.17, 15) is 9.90 Å². The normalized spacial score (nSPS) is 26.5. The van der Waals surface area contributed by atoms with Crippen molar-refractivity contribution in [3.63, 3.8) is 0 Å². The lowest BCUT2D eigenvalue weighted by atomic mass is 9.82. The molecule has 1 aliphatic carbocycles. The lowest BCUT2D eigenvalue weighted by Gasteiger charge is -2.52. The first-order valence-electron chi connectivity index (χ1n) is 11.5. The molecule has 3 aliphatic heterocycles. The monoisotopic (exact) mass is 497 g/mol. The van der Waals surface area contributed by atoms with E-state index in [1.165, 1.54) is 18.7 Å². The fourth-order valence-corrected chi connectivity index (χ4v) is 5.95. The highest BCUT2D eigenvalue weighted by Gasteiger charge is 2.53. The number of quaternary nitrogens is 1. The molecule has 4 aliphatic rings. The molecule has 32 heavy (non-hydrogen) atoms. The number of aliphatic hydroxyl groups is 1. The molecule has 1 atom stereocenters. The molecule has 0 saturated carbocycles. The summed E-state index contributed by atoms with van der Waals surface area (Å²) in [4.78, 5) is 13.6. The number of fused-ring (bicyclic) bond motifs is 6. The maximum Gasteiger partial charge on any atom is 0.348 e. The number of nitrogens with zero attached hydrogens (tertiary/aromatic N) is 1. The van der Waals surface area contributed by atoms with Crippen molar-refractivity contribution in [1.29, 1.82) is 0 Å². The molecule has 0 spiro atoms. The van der Waals surface area contributed by atoms with E-state index >= 15 is 0 Å². The Hall–Kier alpha value is -1.95. The first-order chi connectivity index (χ1) is 14.9. The van der Waals surface area contributed by atoms with Crippen molar-refractivity contribution in [2.45, 2.75) is 44.8 Å². The highest BCUT2D eigenvalue weighted by molar-refractivity contribution is 5.96. The number of piperidine rings is 3. The van der Waals surface area contributed by atoms with E-state index in [0.29, 0.717) is 17.0 Å². The Labute approximate surface area is 201 Å². The van der Waals surface area contributed by atoms with E-state index in [1.807, 2.05) is 48.5 Å². The highest BCUT2D eigenvalue weighted by Crippen LogP contribution is 2.48. The molecular formula is C27H32BrNO3. The van der Waals surface area contributed by atoms with Gasteiger partial charge in [-0.25, -0.2) is 4.79 Å². The van der Waals surface area contributed by atoms with Crippen LogP contribution in [0.1, 0.15) is 44.2 Å². The molecule has 5 heteroatoms. The summed E-state index contributed by atoms with van der Waals surface area (Å²) in [7, 11) is 0. The Kier molecular flexibility index (Phi) is 6.36. The lowest BCUT2D eigenvalue weighted by Crippen LogP contribution is -3.00. The lowest BCUT2D eigenvalue weighted by molar-refractivity contribution is -0.945. The molecule has 3 saturated heterocycles. The van der Waals surface area contributed by atoms with E-state index in [2.05, 4.69) is 19.9 Å². The number of hydrogen-bond acceptors (Lipinski definition) is 3. The van der Waals surface area contributed by atoms with E-state index in [4.69, 9.17) is 4.74 Å². The molecular weight excluding hydrogens is 466 g/mol. The second-order valence-corrected chi connectivity index (χ2v) is 9.85. The number of carbonyl (C=O) groups is 1. The van der Waals surface area contributed by atoms with Crippen LogP contribution in [0, 0.1) is 5.92 Å². The second-order valence-electron chi connectivity index (χ2n) is 9.85. The van der Waals surface area contributed by atoms with Gasteiger partial charge in [0.05, 0.1) is 19.6 Å². The van der Waals surface area contributed by atoms with Gasteiger partial charge in [0.2, 0.25) is 5.60 Å². The standard InChI is InChI=1S/C27H32NO3.BrH/c1-19(2)8-7-15-28-16-13-20(14-17-28)25(18-28)31-26(29)27(30)23-11-5-3-9-21(23)22-10-4-6-12-24(22)27;/h3-6,8-12,20,25,30H,7,13-18H2,1-2H3;1H/q+1;/p-1/t20?,25-,28?;/m0./s1. The number of allylic oxidation sites excluding steroid dienone is 1. The van der Waals surface area contributed by atoms with E-state index < -0.39 is 11.6 Å². The van der Waals surface area contributed by atoms with Crippen molar-refractivity contribution < 1.29 is 36.1 Å². The van der Waals surface area contributed by atoms with Gasteiger partial charge in [0.25, 0.3) is 0 Å². The van der Waals surface area contributed by atoms with Crippen LogP contribution in [-0.2, 0) is 15.1 Å². The number of esters is 1. The SMILES string of the molecule is CC(C)=CCC[N+]12CCC(CC1)[C@@H](OC(=O)C1(O)c3ccccc3-c3ccccc31)C2.[Br-]. The smallest absolute Gasteiger partial charge is 0.348 e. The number of ether oxygens (including phenoxy) is 1. The van der Waals surface area contributed by atoms with Crippen molar-refractivity contribution >= 4 is 5.97 Å². The van der Waals surface area contributed by atoms with Gasteiger partial charge in [-0.05, 0) is 25.0 Å². The second kappa shape index (κ2) is 8.77. The van der Waals surface area contributed by atoms with E-state index in [0.717, 1.165) is 48.0 Å². The predicted molar refractivity (Wildman–Crippen MR) is 121 cm³/mol. The number of hydrogen-bond donors (Lipinski definition) is 1. The van der Waals surface area contributed by atoms with Gasteiger partial charge >= 0.3 is 5.97 Å². The Bertz CT molecular complexity index is 989. The third kappa shape index (κ3) is 3.74. The van der Waals surface area contributed by atoms with Gasteiger partial charge in [0.15, 0.2) is 6.10 Å². The molecule has 0 radical (unpaired) electrons. The summed E-state index contributed by atoms with van der Waals surface area (Å²) >= 11 is 0. The third-order valence-corrected chi connectivity index (χ3v) is 7.68. The molecule has 2 aromatic rings. The number of benzene rings is 2. The third-order valence-electron chi connectivity index (χ3n) is 7.68. The van der Waals surface area contributed by atoms with Crippen molar-refractivity contribution in [3.8, 4) is 11.1 Å². The minimum atomic E-state index is -1.73. The van der Waals surface area contributed by atoms with Crippen LogP contribution >= 0.6 is 0 Å². The summed E-state index contributed by atoms with van der Waals surface area (Å²) in [5, 5.41) is 11.7. The van der Waals surface area contributed by atoms with Crippen LogP contribution in [0.2, 0.25) is 0 Å². The van der Waals surface area contributed by atoms with Gasteiger partial charge in [-0.3, -0.25) is 0 Å². The Morgan fingerprint density at radius 2 is 1.62 bits per heavy atom. The van der Waals surface area contributed by atoms with Crippen LogP contribution in [0.3, 0.4) is 0 Å². The van der Waals surface area contributed by atoms with Crippen molar-refractivity contribution in [3.05, 3.63) is 71.3 Å². The molecule has 4 nitrogen and oxygen atoms in total. The molecule has 1 N–H and O–H groups in total. The Morgan fingerprint density at radius 3 is 2.19 bits per heavy atom. The molecule has 0 amide bonds. The molecule has 6 rings (SSSR count). The summed E-state index contributed by atoms with van der Waals surface area (Å²) in [6, 6.07) is 15.3. The van der Waals surface area contributed by atoms with E-state index in [-0.39, 0.29) is 23.1 Å². The summed E-state index contributed by atoms with van der Waals surface area (Å²) in [5.41, 5.74) is 2.72. The molecule has 3 heterocycles. The zero-order valence-electron chi connectivity index (χ0n) is 18.9. The van der Waals surface area contributed by atoms with Crippen LogP contribution in [0.4, 0.5) is 0 Å². The summed E-state index contributed by atoms with van der Waals surface area (Å²) < 4.78 is 7.19. The fourth-order valence-electron chi connectivity index (χ4n) is 5.95. The minimum Gasteiger partial charge on any atom is -1.00 e. The first kappa shape index (κ1) is 23.2. The van der Waals surface area contributed by atoms with Crippen LogP contribution in [0.15, 0.2) is 60.2 Å². The van der Waals surface area contributed by atoms with Crippen LogP contribution < -0.4 is 17.0 Å². The summed E-state index contributed by atoms with van der Waals surface area (Å²) in [5.74, 6) is -0.117. The quantitative estimate of drug-likeness (QED) is 0.386. The van der Waals surface area contributed by atoms with Crippen LogP contribution in [0.5, 0.6) is 0 Å². The van der Waals surface area contributed by atoms with Gasteiger partial charge in [-0.15, -0.1) is 0 Å². The van der Waals surface area contributed by atoms with Crippen molar-refractivity contribution in [2.75, 3.05) is 26.2 Å². The molecule has 2 aromatic carbocycles. The number of rotatable bonds is 5. The Balaban J connectivity index is 0.00000245. The zero-order chi connectivity index (χ0) is 21.6. The molecule has 0 unspecified atom stereocenters. The van der Waals surface area contributed by atoms with Crippen LogP contribution in [0.25, 0.3) is 11.1 Å². The van der Waals surface area contributed by atoms with Gasteiger partial charge in [0, 0.05) is 36.3 Å². The number of halogens is 1. The van der Waals surface area contributed by atoms with Crippen molar-refractivity contribution in [2.24, 2.45) is 5.92 Å². The van der Waals surface area contributed by atoms with Crippen molar-refractivity contribution in [1.82, 2.24) is 0 Å². The van der Waals surface area contributed by atoms with E-state index in [1.54, 1.807) is 0 Å². The van der Waals surface area contributed by atoms with Gasteiger partial charge < -0.3 is 31.3 Å². The van der Waals surface area contributed by atoms with Gasteiger partial charge in [-0.2, -0.15) is 0 Å². The van der Waals surface area contributed by atoms with Gasteiger partial charge in [-0.1, -0.05) is 60.2 Å². The first-order valence-corrected chi connectivity index (χ1v) is 11.5. The van der Waals surface area contributed by atoms with Gasteiger partial charge in [0.1, 0.15) is 6.54 Å². The average Bonchev–Trinajstić information content (AvgIpc) is 3.04. The van der Waals surface area contributed by atoms with Crippen LogP contribution in [-0.4, -0.2) is 47.8 Å². The number of carbonyl (C=O) groups excluding carboxylic acids is 1. The fraction of sp³-hybridized carbons (Fsp3) is 0.444. The zero-order valence-corrected chi connectivity index (χ0v) is 20.5. The average molecular weight is 498 g/mol. The minimum absolute atomic E-state index is 0. The highest BCUT2D eigenvalue weighted by atomic mass is 79.9. The summed E-state index contributed by atoms with van der Waals surface area (Å²) in [6.45, 7) is 8.60. The maximum absolute atomic E-state index is 13.6. The predicted octanol–water partition coefficient (Wildman–Crippen LogP) is 1.42. The largest absolute Gasteiger partial charge is 1.00 e. The molecule has 3 fully saturated rings. The molecule has 0 aromatic heterocycles. The summed E-state index contributed by atoms with van der Waals surface area (Å²) in [6.07, 6.45) is 5.45. The topological polar surface area (TPSA) is 46.5 Å². The molecule has 2 bridgehead atoms. The Morgan fingerprint density at radius 1 is 1.06 bits per heavy atom. The maximum atomic E-state index is 13.6.